The zero-order chi connectivity index (χ0) is 7.49. The third-order valence-electron chi connectivity index (χ3n) is 0.555. The van der Waals surface area contributed by atoms with Gasteiger partial charge in [0, 0.05) is 18.4 Å². The van der Waals surface area contributed by atoms with Crippen LogP contribution in [0.3, 0.4) is 0 Å². The Kier molecular flexibility index (Phi) is 3.74. The SMILES string of the molecule is COP(=O)(Cl)OC(C)C. The van der Waals surface area contributed by atoms with Crippen molar-refractivity contribution >= 4 is 18.2 Å². The number of halogens is 1. The van der Waals surface area contributed by atoms with Crippen LogP contribution in [0.1, 0.15) is 13.8 Å². The molecular formula is C4H10ClO3P. The summed E-state index contributed by atoms with van der Waals surface area (Å²) in [5.41, 5.74) is 0. The van der Waals surface area contributed by atoms with E-state index in [2.05, 4.69) is 9.05 Å². The van der Waals surface area contributed by atoms with Gasteiger partial charge in [0.1, 0.15) is 0 Å². The number of hydrogen-bond donors (Lipinski definition) is 0. The van der Waals surface area contributed by atoms with E-state index in [4.69, 9.17) is 11.2 Å². The first-order chi connectivity index (χ1) is 3.98. The Labute approximate surface area is 59.6 Å². The number of hydrogen-bond acceptors (Lipinski definition) is 3. The smallest absolute Gasteiger partial charge is 0.300 e. The maximum atomic E-state index is 10.7. The van der Waals surface area contributed by atoms with Gasteiger partial charge in [0.2, 0.25) is 0 Å². The van der Waals surface area contributed by atoms with Crippen molar-refractivity contribution in [3.8, 4) is 0 Å². The highest BCUT2D eigenvalue weighted by Crippen LogP contribution is 2.53. The highest BCUT2D eigenvalue weighted by Gasteiger charge is 2.19. The first-order valence-electron chi connectivity index (χ1n) is 2.52. The molecule has 0 N–H and O–H groups in total. The molecule has 0 aromatic heterocycles. The summed E-state index contributed by atoms with van der Waals surface area (Å²) >= 11 is 5.23. The molecule has 0 spiro atoms. The lowest BCUT2D eigenvalue weighted by molar-refractivity contribution is 0.200. The van der Waals surface area contributed by atoms with Gasteiger partial charge >= 0.3 is 6.95 Å². The van der Waals surface area contributed by atoms with Crippen molar-refractivity contribution in [3.05, 3.63) is 0 Å². The van der Waals surface area contributed by atoms with Crippen LogP contribution in [0.25, 0.3) is 0 Å². The van der Waals surface area contributed by atoms with Gasteiger partial charge in [-0.2, -0.15) is 0 Å². The molecule has 0 radical (unpaired) electrons. The Bertz CT molecular complexity index is 125. The lowest BCUT2D eigenvalue weighted by atomic mass is 10.5. The standard InChI is InChI=1S/C4H10ClO3P/c1-4(2)8-9(5,6)7-3/h4H,1-3H3. The minimum absolute atomic E-state index is 0.173. The Morgan fingerprint density at radius 2 is 2.00 bits per heavy atom. The third kappa shape index (κ3) is 4.91. The Balaban J connectivity index is 3.73. The fourth-order valence-corrected chi connectivity index (χ4v) is 1.36. The highest BCUT2D eigenvalue weighted by atomic mass is 35.7. The summed E-state index contributed by atoms with van der Waals surface area (Å²) in [6, 6.07) is 0. The molecule has 0 saturated carbocycles. The number of rotatable bonds is 3. The van der Waals surface area contributed by atoms with E-state index >= 15 is 0 Å². The summed E-state index contributed by atoms with van der Waals surface area (Å²) in [4.78, 5) is 0. The zero-order valence-electron chi connectivity index (χ0n) is 5.63. The molecular weight excluding hydrogens is 162 g/mol. The van der Waals surface area contributed by atoms with Gasteiger partial charge in [-0.25, -0.2) is 4.57 Å². The quantitative estimate of drug-likeness (QED) is 0.614. The van der Waals surface area contributed by atoms with Crippen molar-refractivity contribution in [2.45, 2.75) is 20.0 Å². The summed E-state index contributed by atoms with van der Waals surface area (Å²) in [5.74, 6) is 0. The maximum absolute atomic E-state index is 10.7. The lowest BCUT2D eigenvalue weighted by Crippen LogP contribution is -1.97. The van der Waals surface area contributed by atoms with Gasteiger partial charge in [-0.15, -0.1) is 0 Å². The Morgan fingerprint density at radius 3 is 2.11 bits per heavy atom. The molecule has 5 heteroatoms. The molecule has 0 bridgehead atoms. The molecule has 0 aromatic carbocycles. The average Bonchev–Trinajstić information content (AvgIpc) is 1.63. The topological polar surface area (TPSA) is 35.5 Å². The van der Waals surface area contributed by atoms with Crippen LogP contribution in [0.2, 0.25) is 0 Å². The van der Waals surface area contributed by atoms with Crippen molar-refractivity contribution in [1.29, 1.82) is 0 Å². The van der Waals surface area contributed by atoms with Crippen LogP contribution in [0.5, 0.6) is 0 Å². The Morgan fingerprint density at radius 1 is 1.56 bits per heavy atom. The van der Waals surface area contributed by atoms with Gasteiger partial charge in [-0.1, -0.05) is 0 Å². The molecule has 1 unspecified atom stereocenters. The predicted octanol–water partition coefficient (Wildman–Crippen LogP) is 2.40. The van der Waals surface area contributed by atoms with E-state index in [0.29, 0.717) is 0 Å². The van der Waals surface area contributed by atoms with Crippen LogP contribution in [0.4, 0.5) is 0 Å². The fraction of sp³-hybridized carbons (Fsp3) is 1.00. The van der Waals surface area contributed by atoms with Crippen LogP contribution in [-0.2, 0) is 13.6 Å². The molecule has 56 valence electrons. The van der Waals surface area contributed by atoms with Gasteiger partial charge in [-0.3, -0.25) is 4.52 Å². The third-order valence-corrected chi connectivity index (χ3v) is 2.32. The first kappa shape index (κ1) is 9.44. The normalized spacial score (nSPS) is 17.9. The van der Waals surface area contributed by atoms with E-state index in [1.807, 2.05) is 0 Å². The fourth-order valence-electron chi connectivity index (χ4n) is 0.295. The molecule has 0 rings (SSSR count). The van der Waals surface area contributed by atoms with Crippen LogP contribution in [0, 0.1) is 0 Å². The van der Waals surface area contributed by atoms with Crippen LogP contribution in [0.15, 0.2) is 0 Å². The van der Waals surface area contributed by atoms with Crippen molar-refractivity contribution in [1.82, 2.24) is 0 Å². The maximum Gasteiger partial charge on any atom is 0.424 e. The first-order valence-corrected chi connectivity index (χ1v) is 4.96. The lowest BCUT2D eigenvalue weighted by Gasteiger charge is -2.10. The minimum Gasteiger partial charge on any atom is -0.300 e. The molecule has 0 amide bonds. The highest BCUT2D eigenvalue weighted by molar-refractivity contribution is 7.81. The molecule has 0 fully saturated rings. The van der Waals surface area contributed by atoms with E-state index in [1.54, 1.807) is 13.8 Å². The zero-order valence-corrected chi connectivity index (χ0v) is 7.28. The molecule has 0 heterocycles. The molecule has 0 aliphatic rings. The van der Waals surface area contributed by atoms with E-state index in [1.165, 1.54) is 7.11 Å². The van der Waals surface area contributed by atoms with E-state index in [0.717, 1.165) is 0 Å². The predicted molar refractivity (Wildman–Crippen MR) is 36.7 cm³/mol. The van der Waals surface area contributed by atoms with Gasteiger partial charge < -0.3 is 4.52 Å². The summed E-state index contributed by atoms with van der Waals surface area (Å²) in [7, 11) is 1.25. The van der Waals surface area contributed by atoms with Gasteiger partial charge in [-0.05, 0) is 13.8 Å². The largest absolute Gasteiger partial charge is 0.424 e. The molecule has 0 aromatic rings. The molecule has 9 heavy (non-hydrogen) atoms. The summed E-state index contributed by atoms with van der Waals surface area (Å²) in [6.45, 7) is 0.203. The summed E-state index contributed by atoms with van der Waals surface area (Å²) in [6.07, 6.45) is -0.173. The van der Waals surface area contributed by atoms with Crippen molar-refractivity contribution < 1.29 is 13.6 Å². The molecule has 0 saturated heterocycles. The van der Waals surface area contributed by atoms with Gasteiger partial charge in [0.15, 0.2) is 0 Å². The van der Waals surface area contributed by atoms with Crippen LogP contribution < -0.4 is 0 Å². The Hall–Kier alpha value is 0.440. The van der Waals surface area contributed by atoms with E-state index < -0.39 is 6.95 Å². The van der Waals surface area contributed by atoms with Gasteiger partial charge in [0.25, 0.3) is 0 Å². The summed E-state index contributed by atoms with van der Waals surface area (Å²) in [5, 5.41) is 0. The second-order valence-electron chi connectivity index (χ2n) is 1.77. The second kappa shape index (κ2) is 3.57. The van der Waals surface area contributed by atoms with Crippen LogP contribution >= 0.6 is 18.2 Å². The van der Waals surface area contributed by atoms with Gasteiger partial charge in [0.05, 0.1) is 6.10 Å². The average molecular weight is 173 g/mol. The monoisotopic (exact) mass is 172 g/mol. The van der Waals surface area contributed by atoms with Crippen molar-refractivity contribution in [3.63, 3.8) is 0 Å². The van der Waals surface area contributed by atoms with Crippen LogP contribution in [-0.4, -0.2) is 13.2 Å². The van der Waals surface area contributed by atoms with Crippen molar-refractivity contribution in [2.75, 3.05) is 7.11 Å². The molecule has 0 aliphatic carbocycles. The molecule has 3 nitrogen and oxygen atoms in total. The minimum atomic E-state index is -3.26. The molecule has 0 aliphatic heterocycles. The summed E-state index contributed by atoms with van der Waals surface area (Å²) < 4.78 is 19.7. The van der Waals surface area contributed by atoms with E-state index in [-0.39, 0.29) is 6.10 Å². The molecule has 1 atom stereocenters. The van der Waals surface area contributed by atoms with Crippen molar-refractivity contribution in [2.24, 2.45) is 0 Å². The van der Waals surface area contributed by atoms with E-state index in [9.17, 15) is 4.57 Å². The second-order valence-corrected chi connectivity index (χ2v) is 4.45.